The van der Waals surface area contributed by atoms with Gasteiger partial charge in [-0.05, 0) is 24.5 Å². The van der Waals surface area contributed by atoms with Crippen LogP contribution in [0.3, 0.4) is 0 Å². The molecular weight excluding hydrogens is 245 g/mol. The van der Waals surface area contributed by atoms with E-state index < -0.39 is 0 Å². The van der Waals surface area contributed by atoms with Crippen LogP contribution < -0.4 is 0 Å². The third kappa shape index (κ3) is 2.54. The maximum atomic E-state index is 6.09. The summed E-state index contributed by atoms with van der Waals surface area (Å²) in [6.45, 7) is 0. The Morgan fingerprint density at radius 3 is 2.75 bits per heavy atom. The molecule has 2 aromatic rings. The van der Waals surface area contributed by atoms with Crippen molar-refractivity contribution >= 4 is 23.2 Å². The van der Waals surface area contributed by atoms with E-state index in [1.165, 1.54) is 0 Å². The molecular formula is C11H11Cl2N3. The van der Waals surface area contributed by atoms with Crippen LogP contribution in [-0.2, 0) is 19.9 Å². The highest BCUT2D eigenvalue weighted by molar-refractivity contribution is 6.42. The molecule has 1 heterocycles. The molecule has 0 fully saturated rings. The van der Waals surface area contributed by atoms with Crippen molar-refractivity contribution in [3.05, 3.63) is 45.7 Å². The summed E-state index contributed by atoms with van der Waals surface area (Å²) in [5.74, 6) is 0. The second kappa shape index (κ2) is 4.85. The van der Waals surface area contributed by atoms with Gasteiger partial charge in [0.1, 0.15) is 0 Å². The molecule has 5 heteroatoms. The first-order valence-electron chi connectivity index (χ1n) is 4.95. The number of aromatic nitrogens is 3. The molecule has 0 radical (unpaired) electrons. The van der Waals surface area contributed by atoms with E-state index in [0.29, 0.717) is 10.0 Å². The SMILES string of the molecule is Cn1cc(CCc2cccc(Cl)c2Cl)nn1. The molecule has 16 heavy (non-hydrogen) atoms. The van der Waals surface area contributed by atoms with Gasteiger partial charge in [0.25, 0.3) is 0 Å². The van der Waals surface area contributed by atoms with Crippen LogP contribution in [0, 0.1) is 0 Å². The van der Waals surface area contributed by atoms with Crippen molar-refractivity contribution in [2.24, 2.45) is 7.05 Å². The summed E-state index contributed by atoms with van der Waals surface area (Å²) in [4.78, 5) is 0. The number of rotatable bonds is 3. The Morgan fingerprint density at radius 2 is 2.06 bits per heavy atom. The van der Waals surface area contributed by atoms with E-state index in [0.717, 1.165) is 24.1 Å². The highest BCUT2D eigenvalue weighted by Gasteiger charge is 2.05. The molecule has 3 nitrogen and oxygen atoms in total. The second-order valence-electron chi connectivity index (χ2n) is 3.60. The fourth-order valence-corrected chi connectivity index (χ4v) is 1.93. The van der Waals surface area contributed by atoms with E-state index in [1.54, 1.807) is 10.7 Å². The number of benzene rings is 1. The first-order chi connectivity index (χ1) is 7.66. The minimum absolute atomic E-state index is 0.596. The lowest BCUT2D eigenvalue weighted by Crippen LogP contribution is -1.93. The number of halogens is 2. The molecule has 0 saturated carbocycles. The maximum absolute atomic E-state index is 6.09. The quantitative estimate of drug-likeness (QED) is 0.845. The van der Waals surface area contributed by atoms with E-state index >= 15 is 0 Å². The molecule has 84 valence electrons. The van der Waals surface area contributed by atoms with E-state index in [1.807, 2.05) is 25.4 Å². The van der Waals surface area contributed by atoms with Gasteiger partial charge in [0.15, 0.2) is 0 Å². The summed E-state index contributed by atoms with van der Waals surface area (Å²) < 4.78 is 1.69. The van der Waals surface area contributed by atoms with Gasteiger partial charge in [0.05, 0.1) is 15.7 Å². The zero-order valence-electron chi connectivity index (χ0n) is 8.82. The normalized spacial score (nSPS) is 10.7. The number of hydrogen-bond donors (Lipinski definition) is 0. The Kier molecular flexibility index (Phi) is 3.46. The van der Waals surface area contributed by atoms with Crippen molar-refractivity contribution in [2.45, 2.75) is 12.8 Å². The van der Waals surface area contributed by atoms with E-state index in [-0.39, 0.29) is 0 Å². The van der Waals surface area contributed by atoms with Crippen molar-refractivity contribution in [1.82, 2.24) is 15.0 Å². The molecule has 0 saturated heterocycles. The van der Waals surface area contributed by atoms with Crippen LogP contribution in [0.15, 0.2) is 24.4 Å². The Balaban J connectivity index is 2.07. The number of nitrogens with zero attached hydrogens (tertiary/aromatic N) is 3. The Hall–Kier alpha value is -1.06. The third-order valence-electron chi connectivity index (χ3n) is 2.33. The van der Waals surface area contributed by atoms with Gasteiger partial charge < -0.3 is 0 Å². The highest BCUT2D eigenvalue weighted by Crippen LogP contribution is 2.26. The first-order valence-corrected chi connectivity index (χ1v) is 5.70. The predicted molar refractivity (Wildman–Crippen MR) is 64.9 cm³/mol. The van der Waals surface area contributed by atoms with Gasteiger partial charge >= 0.3 is 0 Å². The minimum atomic E-state index is 0.596. The van der Waals surface area contributed by atoms with Crippen molar-refractivity contribution in [1.29, 1.82) is 0 Å². The van der Waals surface area contributed by atoms with Gasteiger partial charge in [-0.25, -0.2) is 0 Å². The minimum Gasteiger partial charge on any atom is -0.255 e. The summed E-state index contributed by atoms with van der Waals surface area (Å²) in [5.41, 5.74) is 2.00. The molecule has 0 aliphatic carbocycles. The molecule has 2 rings (SSSR count). The van der Waals surface area contributed by atoms with E-state index in [4.69, 9.17) is 23.2 Å². The van der Waals surface area contributed by atoms with Gasteiger partial charge in [0.2, 0.25) is 0 Å². The van der Waals surface area contributed by atoms with Gasteiger partial charge in [-0.15, -0.1) is 5.10 Å². The fourth-order valence-electron chi connectivity index (χ4n) is 1.51. The maximum Gasteiger partial charge on any atom is 0.0830 e. The highest BCUT2D eigenvalue weighted by atomic mass is 35.5. The average Bonchev–Trinajstić information content (AvgIpc) is 2.67. The second-order valence-corrected chi connectivity index (χ2v) is 4.38. The predicted octanol–water partition coefficient (Wildman–Crippen LogP) is 2.91. The Morgan fingerprint density at radius 1 is 1.25 bits per heavy atom. The Bertz CT molecular complexity index is 494. The van der Waals surface area contributed by atoms with Crippen molar-refractivity contribution < 1.29 is 0 Å². The summed E-state index contributed by atoms with van der Waals surface area (Å²) in [5, 5.41) is 9.12. The molecule has 1 aromatic heterocycles. The van der Waals surface area contributed by atoms with Crippen molar-refractivity contribution in [3.8, 4) is 0 Å². The first kappa shape index (κ1) is 11.4. The largest absolute Gasteiger partial charge is 0.255 e. The number of hydrogen-bond acceptors (Lipinski definition) is 2. The van der Waals surface area contributed by atoms with Crippen LogP contribution in [0.1, 0.15) is 11.3 Å². The van der Waals surface area contributed by atoms with Crippen LogP contribution in [0.4, 0.5) is 0 Å². The molecule has 0 amide bonds. The molecule has 0 atom stereocenters. The summed E-state index contributed by atoms with van der Waals surface area (Å²) in [7, 11) is 1.85. The number of aryl methyl sites for hydroxylation is 3. The zero-order valence-corrected chi connectivity index (χ0v) is 10.3. The standard InChI is InChI=1S/C11H11Cl2N3/c1-16-7-9(14-15-16)6-5-8-3-2-4-10(12)11(8)13/h2-4,7H,5-6H2,1H3. The molecule has 0 unspecified atom stereocenters. The fraction of sp³-hybridized carbons (Fsp3) is 0.273. The van der Waals surface area contributed by atoms with Crippen LogP contribution in [0.2, 0.25) is 10.0 Å². The van der Waals surface area contributed by atoms with Crippen LogP contribution in [0.25, 0.3) is 0 Å². The van der Waals surface area contributed by atoms with Crippen LogP contribution in [0.5, 0.6) is 0 Å². The molecule has 1 aromatic carbocycles. The smallest absolute Gasteiger partial charge is 0.0830 e. The van der Waals surface area contributed by atoms with E-state index in [2.05, 4.69) is 10.3 Å². The van der Waals surface area contributed by atoms with Gasteiger partial charge in [0, 0.05) is 13.2 Å². The Labute approximate surface area is 104 Å². The zero-order chi connectivity index (χ0) is 11.5. The lowest BCUT2D eigenvalue weighted by Gasteiger charge is -2.03. The summed E-state index contributed by atoms with van der Waals surface area (Å²) in [6.07, 6.45) is 3.53. The van der Waals surface area contributed by atoms with Crippen molar-refractivity contribution in [3.63, 3.8) is 0 Å². The van der Waals surface area contributed by atoms with Gasteiger partial charge in [-0.3, -0.25) is 4.68 Å². The third-order valence-corrected chi connectivity index (χ3v) is 3.19. The van der Waals surface area contributed by atoms with E-state index in [9.17, 15) is 0 Å². The monoisotopic (exact) mass is 255 g/mol. The van der Waals surface area contributed by atoms with Gasteiger partial charge in [-0.2, -0.15) is 0 Å². The average molecular weight is 256 g/mol. The molecule has 0 N–H and O–H groups in total. The molecule has 0 spiro atoms. The lowest BCUT2D eigenvalue weighted by molar-refractivity contribution is 0.713. The van der Waals surface area contributed by atoms with Crippen molar-refractivity contribution in [2.75, 3.05) is 0 Å². The molecule has 0 aliphatic rings. The van der Waals surface area contributed by atoms with Crippen LogP contribution in [-0.4, -0.2) is 15.0 Å². The molecule has 0 aliphatic heterocycles. The summed E-state index contributed by atoms with van der Waals surface area (Å²) in [6, 6.07) is 5.67. The topological polar surface area (TPSA) is 30.7 Å². The van der Waals surface area contributed by atoms with Gasteiger partial charge in [-0.1, -0.05) is 40.5 Å². The summed E-state index contributed by atoms with van der Waals surface area (Å²) >= 11 is 12.0. The lowest BCUT2D eigenvalue weighted by atomic mass is 10.1. The van der Waals surface area contributed by atoms with Crippen LogP contribution >= 0.6 is 23.2 Å². The molecule has 0 bridgehead atoms.